The molecule has 29 heavy (non-hydrogen) atoms. The Morgan fingerprint density at radius 3 is 2.59 bits per heavy atom. The van der Waals surface area contributed by atoms with Crippen LogP contribution in [0, 0.1) is 12.3 Å². The van der Waals surface area contributed by atoms with Crippen molar-refractivity contribution in [3.63, 3.8) is 0 Å². The summed E-state index contributed by atoms with van der Waals surface area (Å²) >= 11 is 0. The van der Waals surface area contributed by atoms with Crippen LogP contribution in [0.25, 0.3) is 16.3 Å². The Balaban J connectivity index is 2.21. The highest BCUT2D eigenvalue weighted by atomic mass is 16.4. The summed E-state index contributed by atoms with van der Waals surface area (Å²) in [6.45, 7) is 7.64. The molecule has 0 fully saturated rings. The number of carboxylic acids is 1. The molecule has 1 aliphatic rings. The maximum absolute atomic E-state index is 13.0. The molecule has 0 aromatic heterocycles. The second-order valence-corrected chi connectivity index (χ2v) is 9.29. The van der Waals surface area contributed by atoms with Gasteiger partial charge in [0.25, 0.3) is 0 Å². The molecule has 2 aromatic carbocycles. The van der Waals surface area contributed by atoms with Crippen molar-refractivity contribution in [2.75, 3.05) is 0 Å². The first kappa shape index (κ1) is 21.3. The minimum absolute atomic E-state index is 0.0631. The van der Waals surface area contributed by atoms with Crippen molar-refractivity contribution in [3.05, 3.63) is 53.1 Å². The number of benzene rings is 2. The molecular weight excluding hydrogens is 364 g/mol. The normalized spacial score (nSPS) is 20.0. The Labute approximate surface area is 172 Å². The maximum atomic E-state index is 13.0. The molecule has 4 nitrogen and oxygen atoms in total. The van der Waals surface area contributed by atoms with E-state index >= 15 is 0 Å². The Morgan fingerprint density at radius 1 is 1.24 bits per heavy atom. The van der Waals surface area contributed by atoms with E-state index in [-0.39, 0.29) is 17.6 Å². The summed E-state index contributed by atoms with van der Waals surface area (Å²) in [7, 11) is 0. The number of ketones is 1. The van der Waals surface area contributed by atoms with Crippen LogP contribution in [0.15, 0.2) is 36.4 Å². The zero-order valence-corrected chi connectivity index (χ0v) is 17.7. The predicted molar refractivity (Wildman–Crippen MR) is 116 cm³/mol. The van der Waals surface area contributed by atoms with Crippen LogP contribution >= 0.6 is 0 Å². The summed E-state index contributed by atoms with van der Waals surface area (Å²) in [5.41, 5.74) is 2.02. The molecule has 0 bridgehead atoms. The first-order valence-corrected chi connectivity index (χ1v) is 10.2. The molecule has 0 aliphatic heterocycles. The van der Waals surface area contributed by atoms with Crippen molar-refractivity contribution in [2.45, 2.75) is 65.4 Å². The first-order valence-electron chi connectivity index (χ1n) is 10.2. The zero-order valence-electron chi connectivity index (χ0n) is 17.7. The Kier molecular flexibility index (Phi) is 5.68. The lowest BCUT2D eigenvalue weighted by molar-refractivity contribution is -0.136. The van der Waals surface area contributed by atoms with Gasteiger partial charge in [-0.3, -0.25) is 9.59 Å². The van der Waals surface area contributed by atoms with Crippen LogP contribution < -0.4 is 0 Å². The summed E-state index contributed by atoms with van der Waals surface area (Å²) in [6, 6.07) is 9.84. The van der Waals surface area contributed by atoms with E-state index < -0.39 is 11.6 Å². The van der Waals surface area contributed by atoms with Gasteiger partial charge < -0.3 is 10.2 Å². The molecule has 1 aliphatic carbocycles. The zero-order chi connectivity index (χ0) is 21.4. The number of Topliss-reactive ketones (excluding diaryl/α,β-unsaturated/α-hetero) is 1. The van der Waals surface area contributed by atoms with Gasteiger partial charge in [-0.15, -0.1) is 0 Å². The van der Waals surface area contributed by atoms with E-state index in [1.165, 1.54) is 0 Å². The molecule has 4 heteroatoms. The van der Waals surface area contributed by atoms with Gasteiger partial charge in [-0.2, -0.15) is 0 Å². The topological polar surface area (TPSA) is 74.6 Å². The molecule has 0 heterocycles. The quantitative estimate of drug-likeness (QED) is 0.716. The second kappa shape index (κ2) is 7.75. The second-order valence-electron chi connectivity index (χ2n) is 9.29. The first-order chi connectivity index (χ1) is 13.5. The van der Waals surface area contributed by atoms with Crippen LogP contribution in [0.1, 0.15) is 63.1 Å². The van der Waals surface area contributed by atoms with Gasteiger partial charge in [-0.1, -0.05) is 43.3 Å². The molecule has 154 valence electrons. The average molecular weight is 395 g/mol. The number of rotatable bonds is 6. The third-order valence-electron chi connectivity index (χ3n) is 6.00. The lowest BCUT2D eigenvalue weighted by Gasteiger charge is -2.34. The highest BCUT2D eigenvalue weighted by Gasteiger charge is 2.33. The predicted octanol–water partition coefficient (Wildman–Crippen LogP) is 5.08. The van der Waals surface area contributed by atoms with Crippen molar-refractivity contribution in [2.24, 2.45) is 5.41 Å². The number of hydrogen-bond acceptors (Lipinski definition) is 3. The molecule has 1 unspecified atom stereocenters. The average Bonchev–Trinajstić information content (AvgIpc) is 2.62. The van der Waals surface area contributed by atoms with Crippen LogP contribution in [0.5, 0.6) is 0 Å². The molecule has 3 rings (SSSR count). The van der Waals surface area contributed by atoms with Crippen molar-refractivity contribution in [3.8, 4) is 0 Å². The monoisotopic (exact) mass is 394 g/mol. The number of carbonyl (C=O) groups excluding carboxylic acids is 1. The van der Waals surface area contributed by atoms with Gasteiger partial charge in [-0.25, -0.2) is 0 Å². The summed E-state index contributed by atoms with van der Waals surface area (Å²) in [6.07, 6.45) is 4.50. The molecular formula is C25H30O4. The van der Waals surface area contributed by atoms with E-state index in [1.54, 1.807) is 13.8 Å². The van der Waals surface area contributed by atoms with E-state index in [1.807, 2.05) is 43.3 Å². The minimum Gasteiger partial charge on any atom is -0.481 e. The number of hydrogen-bond donors (Lipinski definition) is 2. The highest BCUT2D eigenvalue weighted by molar-refractivity contribution is 6.25. The number of aliphatic hydroxyl groups is 1. The lowest BCUT2D eigenvalue weighted by Crippen LogP contribution is -2.27. The number of fused-ring (bicyclic) bond motifs is 1. The maximum Gasteiger partial charge on any atom is 0.307 e. The summed E-state index contributed by atoms with van der Waals surface area (Å²) < 4.78 is 0. The van der Waals surface area contributed by atoms with Gasteiger partial charge in [0.1, 0.15) is 0 Å². The Hall–Kier alpha value is -2.46. The van der Waals surface area contributed by atoms with Gasteiger partial charge in [0.15, 0.2) is 5.78 Å². The largest absolute Gasteiger partial charge is 0.481 e. The standard InChI is InChI=1S/C25H30O4/c1-16-13-17-7-5-6-8-18(17)23(19(16)14-22(27)28)20-15-25(4,10-9-21(20)26)12-11-24(2,3)29/h5-8,13,15,29H,9-12,14H2,1-4H3,(H,27,28). The number of carbonyl (C=O) groups is 2. The SMILES string of the molecule is Cc1cc2ccccc2c(C2=CC(C)(CCC(C)(C)O)CCC2=O)c1CC(=O)O. The number of aliphatic carboxylic acids is 1. The molecule has 0 amide bonds. The van der Waals surface area contributed by atoms with Crippen molar-refractivity contribution in [1.29, 1.82) is 0 Å². The van der Waals surface area contributed by atoms with E-state index in [2.05, 4.69) is 6.92 Å². The summed E-state index contributed by atoms with van der Waals surface area (Å²) in [4.78, 5) is 24.6. The molecule has 2 N–H and O–H groups in total. The smallest absolute Gasteiger partial charge is 0.307 e. The lowest BCUT2D eigenvalue weighted by atomic mass is 9.71. The van der Waals surface area contributed by atoms with Gasteiger partial charge in [0.05, 0.1) is 12.0 Å². The fraction of sp³-hybridized carbons (Fsp3) is 0.440. The number of carboxylic acid groups (broad SMARTS) is 1. The van der Waals surface area contributed by atoms with E-state index in [9.17, 15) is 19.8 Å². The highest BCUT2D eigenvalue weighted by Crippen LogP contribution is 2.43. The summed E-state index contributed by atoms with van der Waals surface area (Å²) in [5.74, 6) is -0.841. The third kappa shape index (κ3) is 4.76. The van der Waals surface area contributed by atoms with Crippen LogP contribution in [-0.4, -0.2) is 27.6 Å². The molecule has 0 spiro atoms. The van der Waals surface area contributed by atoms with E-state index in [0.29, 0.717) is 24.0 Å². The molecule has 1 atom stereocenters. The minimum atomic E-state index is -0.904. The third-order valence-corrected chi connectivity index (χ3v) is 6.00. The number of allylic oxidation sites excluding steroid dienone is 2. The van der Waals surface area contributed by atoms with Gasteiger partial charge in [0, 0.05) is 12.0 Å². The fourth-order valence-corrected chi connectivity index (χ4v) is 4.25. The Morgan fingerprint density at radius 2 is 1.93 bits per heavy atom. The van der Waals surface area contributed by atoms with E-state index in [4.69, 9.17) is 0 Å². The van der Waals surface area contributed by atoms with Crippen LogP contribution in [-0.2, 0) is 16.0 Å². The van der Waals surface area contributed by atoms with Crippen LogP contribution in [0.4, 0.5) is 0 Å². The molecule has 0 saturated carbocycles. The van der Waals surface area contributed by atoms with Crippen molar-refractivity contribution in [1.82, 2.24) is 0 Å². The molecule has 0 saturated heterocycles. The van der Waals surface area contributed by atoms with Crippen molar-refractivity contribution < 1.29 is 19.8 Å². The van der Waals surface area contributed by atoms with Crippen LogP contribution in [0.3, 0.4) is 0 Å². The summed E-state index contributed by atoms with van der Waals surface area (Å²) in [5, 5.41) is 21.6. The number of aryl methyl sites for hydroxylation is 1. The van der Waals surface area contributed by atoms with Gasteiger partial charge in [0.2, 0.25) is 0 Å². The Bertz CT molecular complexity index is 994. The fourth-order valence-electron chi connectivity index (χ4n) is 4.25. The van der Waals surface area contributed by atoms with Crippen LogP contribution in [0.2, 0.25) is 0 Å². The van der Waals surface area contributed by atoms with Gasteiger partial charge >= 0.3 is 5.97 Å². The molecule has 0 radical (unpaired) electrons. The molecule has 2 aromatic rings. The van der Waals surface area contributed by atoms with Gasteiger partial charge in [-0.05, 0) is 72.9 Å². The van der Waals surface area contributed by atoms with Crippen molar-refractivity contribution >= 4 is 28.1 Å². The van der Waals surface area contributed by atoms with E-state index in [0.717, 1.165) is 34.7 Å².